The van der Waals surface area contributed by atoms with Gasteiger partial charge in [-0.05, 0) is 54.7 Å². The van der Waals surface area contributed by atoms with Crippen molar-refractivity contribution in [3.05, 3.63) is 84.4 Å². The molecule has 3 rings (SSSR count). The van der Waals surface area contributed by atoms with Gasteiger partial charge in [-0.2, -0.15) is 0 Å². The standard InChI is InChI=1S/C28H33NO4/c1-4-21(3)23-15-9-11-17-26(23)33-25(5-2)28(30)29-24-16-10-12-18-27(24)32-20-19-31-22-13-7-6-8-14-22/h6-18,21,25H,4-5,19-20H2,1-3H3,(H,29,30). The summed E-state index contributed by atoms with van der Waals surface area (Å²) in [4.78, 5) is 13.0. The molecule has 0 spiro atoms. The lowest BCUT2D eigenvalue weighted by atomic mass is 9.98. The molecule has 2 atom stereocenters. The number of anilines is 1. The van der Waals surface area contributed by atoms with Crippen LogP contribution in [0.4, 0.5) is 5.69 Å². The average molecular weight is 448 g/mol. The Labute approximate surface area is 196 Å². The molecule has 0 saturated heterocycles. The highest BCUT2D eigenvalue weighted by molar-refractivity contribution is 5.95. The average Bonchev–Trinajstić information content (AvgIpc) is 2.86. The summed E-state index contributed by atoms with van der Waals surface area (Å²) in [6, 6.07) is 24.9. The van der Waals surface area contributed by atoms with Gasteiger partial charge in [0, 0.05) is 0 Å². The molecule has 2 unspecified atom stereocenters. The Bertz CT molecular complexity index is 1010. The van der Waals surface area contributed by atoms with Crippen molar-refractivity contribution in [2.45, 2.75) is 45.6 Å². The zero-order chi connectivity index (χ0) is 23.5. The van der Waals surface area contributed by atoms with Gasteiger partial charge in [0.25, 0.3) is 5.91 Å². The van der Waals surface area contributed by atoms with Crippen LogP contribution < -0.4 is 19.5 Å². The van der Waals surface area contributed by atoms with Crippen LogP contribution in [0.25, 0.3) is 0 Å². The zero-order valence-electron chi connectivity index (χ0n) is 19.6. The van der Waals surface area contributed by atoms with Crippen molar-refractivity contribution in [2.75, 3.05) is 18.5 Å². The summed E-state index contributed by atoms with van der Waals surface area (Å²) in [7, 11) is 0. The maximum atomic E-state index is 13.0. The molecule has 0 saturated carbocycles. The first-order chi connectivity index (χ1) is 16.1. The second kappa shape index (κ2) is 12.5. The van der Waals surface area contributed by atoms with Gasteiger partial charge in [-0.3, -0.25) is 4.79 Å². The first-order valence-corrected chi connectivity index (χ1v) is 11.6. The van der Waals surface area contributed by atoms with Gasteiger partial charge < -0.3 is 19.5 Å². The van der Waals surface area contributed by atoms with Crippen LogP contribution in [0.1, 0.15) is 45.1 Å². The molecule has 33 heavy (non-hydrogen) atoms. The Morgan fingerprint density at radius 2 is 1.42 bits per heavy atom. The Morgan fingerprint density at radius 1 is 0.788 bits per heavy atom. The number of hydrogen-bond acceptors (Lipinski definition) is 4. The highest BCUT2D eigenvalue weighted by atomic mass is 16.5. The van der Waals surface area contributed by atoms with Crippen molar-refractivity contribution in [3.8, 4) is 17.2 Å². The fourth-order valence-electron chi connectivity index (χ4n) is 3.43. The fraction of sp³-hybridized carbons (Fsp3) is 0.321. The molecule has 3 aromatic carbocycles. The van der Waals surface area contributed by atoms with E-state index in [2.05, 4.69) is 25.2 Å². The molecular weight excluding hydrogens is 414 g/mol. The first-order valence-electron chi connectivity index (χ1n) is 11.6. The highest BCUT2D eigenvalue weighted by Gasteiger charge is 2.22. The molecule has 3 aromatic rings. The summed E-state index contributed by atoms with van der Waals surface area (Å²) < 4.78 is 17.7. The van der Waals surface area contributed by atoms with Gasteiger partial charge in [0.15, 0.2) is 6.10 Å². The van der Waals surface area contributed by atoms with E-state index in [0.717, 1.165) is 23.5 Å². The fourth-order valence-corrected chi connectivity index (χ4v) is 3.43. The minimum absolute atomic E-state index is 0.201. The number of hydrogen-bond donors (Lipinski definition) is 1. The third-order valence-corrected chi connectivity index (χ3v) is 5.49. The predicted molar refractivity (Wildman–Crippen MR) is 132 cm³/mol. The summed E-state index contributed by atoms with van der Waals surface area (Å²) in [6.45, 7) is 7.02. The van der Waals surface area contributed by atoms with Crippen molar-refractivity contribution in [1.29, 1.82) is 0 Å². The number of carbonyl (C=O) groups is 1. The zero-order valence-corrected chi connectivity index (χ0v) is 19.6. The Morgan fingerprint density at radius 3 is 2.15 bits per heavy atom. The van der Waals surface area contributed by atoms with Crippen molar-refractivity contribution < 1.29 is 19.0 Å². The normalized spacial score (nSPS) is 12.5. The van der Waals surface area contributed by atoms with Crippen molar-refractivity contribution >= 4 is 11.6 Å². The summed E-state index contributed by atoms with van der Waals surface area (Å²) in [5, 5.41) is 2.97. The van der Waals surface area contributed by atoms with Gasteiger partial charge in [-0.15, -0.1) is 0 Å². The van der Waals surface area contributed by atoms with Gasteiger partial charge in [-0.1, -0.05) is 69.3 Å². The maximum absolute atomic E-state index is 13.0. The second-order valence-electron chi connectivity index (χ2n) is 7.86. The summed E-state index contributed by atoms with van der Waals surface area (Å²) in [5.74, 6) is 2.30. The number of carbonyl (C=O) groups excluding carboxylic acids is 1. The predicted octanol–water partition coefficient (Wildman–Crippen LogP) is 6.45. The van der Waals surface area contributed by atoms with Crippen LogP contribution in [-0.4, -0.2) is 25.2 Å². The molecule has 5 heteroatoms. The lowest BCUT2D eigenvalue weighted by Gasteiger charge is -2.22. The number of rotatable bonds is 12. The van der Waals surface area contributed by atoms with E-state index in [4.69, 9.17) is 14.2 Å². The molecule has 174 valence electrons. The van der Waals surface area contributed by atoms with Crippen LogP contribution in [0.15, 0.2) is 78.9 Å². The van der Waals surface area contributed by atoms with E-state index in [1.54, 1.807) is 0 Å². The van der Waals surface area contributed by atoms with E-state index in [1.165, 1.54) is 0 Å². The van der Waals surface area contributed by atoms with Gasteiger partial charge in [0.05, 0.1) is 5.69 Å². The Balaban J connectivity index is 1.61. The third kappa shape index (κ3) is 7.01. The lowest BCUT2D eigenvalue weighted by molar-refractivity contribution is -0.122. The maximum Gasteiger partial charge on any atom is 0.265 e. The molecule has 1 amide bonds. The molecule has 0 aromatic heterocycles. The van der Waals surface area contributed by atoms with Crippen molar-refractivity contribution in [2.24, 2.45) is 0 Å². The molecular formula is C28H33NO4. The molecule has 0 heterocycles. The third-order valence-electron chi connectivity index (χ3n) is 5.49. The molecule has 1 N–H and O–H groups in total. The van der Waals surface area contributed by atoms with Crippen LogP contribution in [0.3, 0.4) is 0 Å². The smallest absolute Gasteiger partial charge is 0.265 e. The molecule has 0 aliphatic carbocycles. The van der Waals surface area contributed by atoms with Gasteiger partial charge in [0.1, 0.15) is 30.5 Å². The summed E-state index contributed by atoms with van der Waals surface area (Å²) in [5.41, 5.74) is 1.73. The quantitative estimate of drug-likeness (QED) is 0.324. The molecule has 0 radical (unpaired) electrons. The van der Waals surface area contributed by atoms with Crippen LogP contribution in [-0.2, 0) is 4.79 Å². The van der Waals surface area contributed by atoms with Gasteiger partial charge in [-0.25, -0.2) is 0 Å². The number of ether oxygens (including phenoxy) is 3. The minimum atomic E-state index is -0.607. The number of amides is 1. The Kier molecular flexibility index (Phi) is 9.19. The molecule has 0 aliphatic rings. The minimum Gasteiger partial charge on any atom is -0.490 e. The summed E-state index contributed by atoms with van der Waals surface area (Å²) in [6.07, 6.45) is 0.945. The molecule has 0 aliphatic heterocycles. The largest absolute Gasteiger partial charge is 0.490 e. The van der Waals surface area contributed by atoms with Gasteiger partial charge in [0.2, 0.25) is 0 Å². The van der Waals surface area contributed by atoms with Crippen LogP contribution in [0.5, 0.6) is 17.2 Å². The second-order valence-corrected chi connectivity index (χ2v) is 7.86. The summed E-state index contributed by atoms with van der Waals surface area (Å²) >= 11 is 0. The number of para-hydroxylation sites is 4. The molecule has 0 bridgehead atoms. The topological polar surface area (TPSA) is 56.8 Å². The SMILES string of the molecule is CCC(Oc1ccccc1C(C)CC)C(=O)Nc1ccccc1OCCOc1ccccc1. The van der Waals surface area contributed by atoms with E-state index < -0.39 is 6.10 Å². The van der Waals surface area contributed by atoms with E-state index in [-0.39, 0.29) is 5.91 Å². The first kappa shape index (κ1) is 24.2. The van der Waals surface area contributed by atoms with E-state index >= 15 is 0 Å². The monoisotopic (exact) mass is 447 g/mol. The van der Waals surface area contributed by atoms with E-state index in [0.29, 0.717) is 37.0 Å². The van der Waals surface area contributed by atoms with E-state index in [1.807, 2.05) is 79.7 Å². The van der Waals surface area contributed by atoms with Gasteiger partial charge >= 0.3 is 0 Å². The van der Waals surface area contributed by atoms with Crippen LogP contribution in [0, 0.1) is 0 Å². The highest BCUT2D eigenvalue weighted by Crippen LogP contribution is 2.30. The van der Waals surface area contributed by atoms with Crippen LogP contribution in [0.2, 0.25) is 0 Å². The van der Waals surface area contributed by atoms with Crippen molar-refractivity contribution in [1.82, 2.24) is 0 Å². The lowest BCUT2D eigenvalue weighted by Crippen LogP contribution is -2.33. The van der Waals surface area contributed by atoms with Crippen LogP contribution >= 0.6 is 0 Å². The van der Waals surface area contributed by atoms with Crippen molar-refractivity contribution in [3.63, 3.8) is 0 Å². The molecule has 0 fully saturated rings. The molecule has 5 nitrogen and oxygen atoms in total. The number of benzene rings is 3. The number of nitrogens with one attached hydrogen (secondary N) is 1. The Hall–Kier alpha value is -3.47. The van der Waals surface area contributed by atoms with E-state index in [9.17, 15) is 4.79 Å².